The Kier molecular flexibility index (Phi) is 8.31. The molecule has 1 aliphatic carbocycles. The van der Waals surface area contributed by atoms with Crippen molar-refractivity contribution in [2.75, 3.05) is 13.2 Å². The van der Waals surface area contributed by atoms with Crippen LogP contribution in [0.1, 0.15) is 78.0 Å². The molecule has 0 atom stereocenters. The van der Waals surface area contributed by atoms with E-state index in [9.17, 15) is 0 Å². The zero-order chi connectivity index (χ0) is 26.6. The number of allylic oxidation sites excluding steroid dienone is 2. The van der Waals surface area contributed by atoms with Gasteiger partial charge in [0.05, 0.1) is 17.9 Å². The Morgan fingerprint density at radius 2 is 1.97 bits per heavy atom. The molecule has 1 saturated carbocycles. The third-order valence-corrected chi connectivity index (χ3v) is 7.54. The Morgan fingerprint density at radius 3 is 2.70 bits per heavy atom. The van der Waals surface area contributed by atoms with E-state index in [1.807, 2.05) is 26.3 Å². The molecule has 2 aliphatic rings. The first-order chi connectivity index (χ1) is 17.7. The molecule has 1 fully saturated rings. The summed E-state index contributed by atoms with van der Waals surface area (Å²) in [5.74, 6) is 1.99. The van der Waals surface area contributed by atoms with E-state index in [0.717, 1.165) is 78.4 Å². The van der Waals surface area contributed by atoms with Crippen LogP contribution in [0.25, 0.3) is 11.1 Å². The van der Waals surface area contributed by atoms with Crippen molar-refractivity contribution in [1.82, 2.24) is 9.88 Å². The topological polar surface area (TPSA) is 50.1 Å². The maximum Gasteiger partial charge on any atom is 0.131 e. The van der Waals surface area contributed by atoms with Gasteiger partial charge in [0, 0.05) is 35.8 Å². The summed E-state index contributed by atoms with van der Waals surface area (Å²) in [6.45, 7) is 19.6. The minimum atomic E-state index is 0.256. The number of aryl methyl sites for hydroxylation is 1. The average molecular weight is 499 g/mol. The summed E-state index contributed by atoms with van der Waals surface area (Å²) < 4.78 is 6.20. The lowest BCUT2D eigenvalue weighted by atomic mass is 9.73. The first kappa shape index (κ1) is 26.8. The van der Waals surface area contributed by atoms with E-state index in [-0.39, 0.29) is 5.41 Å². The summed E-state index contributed by atoms with van der Waals surface area (Å²) in [4.78, 5) is 16.8. The zero-order valence-corrected chi connectivity index (χ0v) is 23.5. The molecule has 37 heavy (non-hydrogen) atoms. The van der Waals surface area contributed by atoms with Crippen LogP contribution < -0.4 is 4.74 Å². The standard InChI is InChI=1S/C32H42N4O/c1-8-27(9-2)35-29-18-25(20-34-23(29)5)24-11-12-30-26(17-24)21-36(15-16-37-30)31(33-10-3)28-19-32(6,7)14-13-22(28)4/h10-12,17-18,20H,4,8-9,13-16,19,21H2,1-3,5-7H3/b31-28+,33-10-. The van der Waals surface area contributed by atoms with E-state index in [0.29, 0.717) is 6.61 Å². The Bertz CT molecular complexity index is 1250. The summed E-state index contributed by atoms with van der Waals surface area (Å²) in [5.41, 5.74) is 9.22. The highest BCUT2D eigenvalue weighted by molar-refractivity contribution is 5.87. The molecule has 0 spiro atoms. The van der Waals surface area contributed by atoms with Gasteiger partial charge in [0.15, 0.2) is 0 Å². The van der Waals surface area contributed by atoms with Crippen LogP contribution in [0.2, 0.25) is 0 Å². The third-order valence-electron chi connectivity index (χ3n) is 7.54. The van der Waals surface area contributed by atoms with Gasteiger partial charge in [-0.3, -0.25) is 9.98 Å². The maximum absolute atomic E-state index is 6.20. The van der Waals surface area contributed by atoms with Gasteiger partial charge in [-0.2, -0.15) is 0 Å². The van der Waals surface area contributed by atoms with Crippen LogP contribution in [-0.2, 0) is 6.54 Å². The highest BCUT2D eigenvalue weighted by Crippen LogP contribution is 2.43. The van der Waals surface area contributed by atoms with Gasteiger partial charge in [-0.1, -0.05) is 40.3 Å². The minimum Gasteiger partial charge on any atom is -0.491 e. The first-order valence-corrected chi connectivity index (χ1v) is 13.7. The number of pyridine rings is 1. The van der Waals surface area contributed by atoms with Crippen LogP contribution in [0, 0.1) is 12.3 Å². The Hall–Kier alpha value is -3.21. The molecular weight excluding hydrogens is 456 g/mol. The van der Waals surface area contributed by atoms with E-state index in [4.69, 9.17) is 14.7 Å². The molecule has 0 unspecified atom stereocenters. The second-order valence-corrected chi connectivity index (χ2v) is 10.9. The molecule has 0 bridgehead atoms. The van der Waals surface area contributed by atoms with Gasteiger partial charge < -0.3 is 9.64 Å². The summed E-state index contributed by atoms with van der Waals surface area (Å²) >= 11 is 0. The lowest BCUT2D eigenvalue weighted by molar-refractivity contribution is 0.254. The number of aliphatic imine (C=N–C) groups is 2. The molecule has 0 amide bonds. The van der Waals surface area contributed by atoms with Gasteiger partial charge in [0.25, 0.3) is 0 Å². The van der Waals surface area contributed by atoms with Crippen molar-refractivity contribution in [2.24, 2.45) is 15.4 Å². The van der Waals surface area contributed by atoms with E-state index in [1.165, 1.54) is 23.3 Å². The maximum atomic E-state index is 6.20. The molecule has 1 aromatic heterocycles. The predicted octanol–water partition coefficient (Wildman–Crippen LogP) is 8.21. The Balaban J connectivity index is 1.71. The minimum absolute atomic E-state index is 0.256. The Labute approximate surface area is 223 Å². The van der Waals surface area contributed by atoms with Crippen LogP contribution in [-0.4, -0.2) is 35.0 Å². The van der Waals surface area contributed by atoms with Gasteiger partial charge in [-0.15, -0.1) is 0 Å². The molecule has 2 aromatic rings. The number of ether oxygens (including phenoxy) is 1. The van der Waals surface area contributed by atoms with Crippen molar-refractivity contribution >= 4 is 17.6 Å². The van der Waals surface area contributed by atoms with Crippen molar-refractivity contribution in [2.45, 2.75) is 80.2 Å². The second kappa shape index (κ2) is 11.5. The molecule has 2 heterocycles. The van der Waals surface area contributed by atoms with Crippen molar-refractivity contribution in [1.29, 1.82) is 0 Å². The molecule has 5 heteroatoms. The van der Waals surface area contributed by atoms with Crippen molar-refractivity contribution in [3.05, 3.63) is 65.3 Å². The van der Waals surface area contributed by atoms with E-state index in [2.05, 4.69) is 68.4 Å². The monoisotopic (exact) mass is 498 g/mol. The largest absolute Gasteiger partial charge is 0.491 e. The van der Waals surface area contributed by atoms with Gasteiger partial charge in [0.1, 0.15) is 18.2 Å². The Morgan fingerprint density at radius 1 is 1.19 bits per heavy atom. The number of rotatable bonds is 6. The van der Waals surface area contributed by atoms with E-state index in [1.54, 1.807) is 0 Å². The number of hydrogen-bond acceptors (Lipinski definition) is 5. The SMILES string of the molecule is C=C1CCC(C)(C)C/C1=C(/N=C\C)N1CCOc2ccc(-c3cnc(C)c(N=C(CC)CC)c3)cc2C1. The van der Waals surface area contributed by atoms with Crippen LogP contribution >= 0.6 is 0 Å². The third kappa shape index (κ3) is 6.20. The second-order valence-electron chi connectivity index (χ2n) is 10.9. The molecule has 196 valence electrons. The van der Waals surface area contributed by atoms with Crippen LogP contribution in [0.15, 0.2) is 64.0 Å². The number of aromatic nitrogens is 1. The predicted molar refractivity (Wildman–Crippen MR) is 156 cm³/mol. The molecule has 1 aromatic carbocycles. The van der Waals surface area contributed by atoms with Crippen molar-refractivity contribution in [3.8, 4) is 16.9 Å². The molecule has 1 aliphatic heterocycles. The molecule has 4 rings (SSSR count). The highest BCUT2D eigenvalue weighted by atomic mass is 16.5. The van der Waals surface area contributed by atoms with Crippen molar-refractivity contribution in [3.63, 3.8) is 0 Å². The number of nitrogens with zero attached hydrogens (tertiary/aromatic N) is 4. The highest BCUT2D eigenvalue weighted by Gasteiger charge is 2.30. The smallest absolute Gasteiger partial charge is 0.131 e. The lowest BCUT2D eigenvalue weighted by Gasteiger charge is -2.35. The zero-order valence-electron chi connectivity index (χ0n) is 23.5. The van der Waals surface area contributed by atoms with Gasteiger partial charge in [-0.25, -0.2) is 4.99 Å². The van der Waals surface area contributed by atoms with Gasteiger partial charge in [0.2, 0.25) is 0 Å². The molecule has 0 N–H and O–H groups in total. The normalized spacial score (nSPS) is 18.8. The summed E-state index contributed by atoms with van der Waals surface area (Å²) in [5, 5.41) is 0. The summed E-state index contributed by atoms with van der Waals surface area (Å²) in [6, 6.07) is 8.63. The average Bonchev–Trinajstić information content (AvgIpc) is 3.10. The summed E-state index contributed by atoms with van der Waals surface area (Å²) in [6.07, 6.45) is 8.95. The van der Waals surface area contributed by atoms with E-state index < -0.39 is 0 Å². The molecular formula is C32H42N4O. The molecule has 5 nitrogen and oxygen atoms in total. The van der Waals surface area contributed by atoms with E-state index >= 15 is 0 Å². The fourth-order valence-electron chi connectivity index (χ4n) is 5.17. The number of hydrogen-bond donors (Lipinski definition) is 0. The summed E-state index contributed by atoms with van der Waals surface area (Å²) in [7, 11) is 0. The van der Waals surface area contributed by atoms with Gasteiger partial charge >= 0.3 is 0 Å². The molecule has 0 saturated heterocycles. The number of benzene rings is 1. The van der Waals surface area contributed by atoms with Crippen LogP contribution in [0.3, 0.4) is 0 Å². The molecule has 0 radical (unpaired) electrons. The first-order valence-electron chi connectivity index (χ1n) is 13.7. The van der Waals surface area contributed by atoms with Crippen LogP contribution in [0.5, 0.6) is 5.75 Å². The fourth-order valence-corrected chi connectivity index (χ4v) is 5.17. The van der Waals surface area contributed by atoms with Gasteiger partial charge in [-0.05, 0) is 86.3 Å². The van der Waals surface area contributed by atoms with Crippen molar-refractivity contribution < 1.29 is 4.74 Å². The fraction of sp³-hybridized carbons (Fsp3) is 0.469. The van der Waals surface area contributed by atoms with Crippen LogP contribution in [0.4, 0.5) is 5.69 Å². The lowest BCUT2D eigenvalue weighted by Crippen LogP contribution is -2.28. The number of fused-ring (bicyclic) bond motifs is 1. The quantitative estimate of drug-likeness (QED) is 0.377.